The number of aliphatic hydroxyl groups is 2. The highest BCUT2D eigenvalue weighted by Crippen LogP contribution is 2.55. The lowest BCUT2D eigenvalue weighted by molar-refractivity contribution is -0.170. The highest BCUT2D eigenvalue weighted by atomic mass is 16.3. The number of carbonyl (C=O) groups excluding carboxylic acids is 2. The summed E-state index contributed by atoms with van der Waals surface area (Å²) in [6.45, 7) is 0. The van der Waals surface area contributed by atoms with Gasteiger partial charge in [-0.1, -0.05) is 201 Å². The molecule has 6 aromatic carbocycles. The molecule has 4 N–H and O–H groups in total. The van der Waals surface area contributed by atoms with E-state index in [4.69, 9.17) is 5.73 Å². The van der Waals surface area contributed by atoms with Crippen LogP contribution in [-0.4, -0.2) is 26.9 Å². The summed E-state index contributed by atoms with van der Waals surface area (Å²) in [5, 5.41) is 27.8. The molecule has 0 heterocycles. The molecule has 1 aliphatic carbocycles. The Hall–Kier alpha value is -5.82. The van der Waals surface area contributed by atoms with Crippen molar-refractivity contribution in [3.8, 4) is 0 Å². The van der Waals surface area contributed by atoms with Gasteiger partial charge >= 0.3 is 0 Å². The fourth-order valence-electron chi connectivity index (χ4n) is 8.56. The molecule has 0 saturated heterocycles. The molecule has 0 radical (unpaired) electrons. The summed E-state index contributed by atoms with van der Waals surface area (Å²) in [5.74, 6) is -1.24. The molecule has 0 bridgehead atoms. The SMILES string of the molecule is NC(=O)C1(C(=O)N([C@H](c2ccccc2)C(O)(c2ccccc2)c2ccccc2)[C@H](c2ccccc2)C(O)(c2ccccc2)c2ccccc2)CCCCC1. The molecule has 0 aliphatic heterocycles. The zero-order valence-electron chi connectivity index (χ0n) is 30.2. The smallest absolute Gasteiger partial charge is 0.239 e. The normalized spacial score (nSPS) is 15.4. The van der Waals surface area contributed by atoms with Gasteiger partial charge in [0.2, 0.25) is 11.8 Å². The maximum atomic E-state index is 16.3. The number of hydrogen-bond acceptors (Lipinski definition) is 4. The van der Waals surface area contributed by atoms with Gasteiger partial charge in [-0.15, -0.1) is 0 Å². The van der Waals surface area contributed by atoms with Gasteiger partial charge in [-0.25, -0.2) is 0 Å². The van der Waals surface area contributed by atoms with Crippen LogP contribution in [0.1, 0.15) is 77.6 Å². The second-order valence-electron chi connectivity index (χ2n) is 14.3. The lowest BCUT2D eigenvalue weighted by Crippen LogP contribution is -2.60. The summed E-state index contributed by atoms with van der Waals surface area (Å²) < 4.78 is 0. The third kappa shape index (κ3) is 6.53. The number of nitrogens with two attached hydrogens (primary N) is 1. The molecule has 2 amide bonds. The predicted octanol–water partition coefficient (Wildman–Crippen LogP) is 8.61. The van der Waals surface area contributed by atoms with Crippen molar-refractivity contribution < 1.29 is 19.8 Å². The van der Waals surface area contributed by atoms with E-state index in [1.54, 1.807) is 4.90 Å². The molecule has 6 aromatic rings. The van der Waals surface area contributed by atoms with E-state index in [1.165, 1.54) is 0 Å². The third-order valence-corrected chi connectivity index (χ3v) is 11.3. The van der Waals surface area contributed by atoms with Gasteiger partial charge in [0.05, 0.1) is 12.1 Å². The molecular formula is C48H46N2O4. The van der Waals surface area contributed by atoms with E-state index < -0.39 is 40.5 Å². The standard InChI is InChI=1S/C48H46N2O4/c49-44(51)46(34-20-7-21-35-46)45(52)50(42(36-22-8-1-9-23-36)47(53,38-26-12-3-13-27-38)39-28-14-4-15-29-39)43(37-24-10-2-11-25-37)48(54,40-30-16-5-17-31-40)41-32-18-6-19-33-41/h1-6,8-19,22-33,42-43,53-54H,7,20-21,34-35H2,(H2,49,51)/t42-,43-/m1/s1. The minimum Gasteiger partial charge on any atom is -0.378 e. The minimum atomic E-state index is -1.91. The monoisotopic (exact) mass is 714 g/mol. The molecule has 1 fully saturated rings. The second kappa shape index (κ2) is 15.7. The summed E-state index contributed by atoms with van der Waals surface area (Å²) >= 11 is 0. The van der Waals surface area contributed by atoms with Gasteiger partial charge < -0.3 is 20.8 Å². The summed E-state index contributed by atoms with van der Waals surface area (Å²) in [6.07, 6.45) is 2.65. The van der Waals surface area contributed by atoms with Gasteiger partial charge in [0, 0.05) is 0 Å². The van der Waals surface area contributed by atoms with Crippen molar-refractivity contribution >= 4 is 11.8 Å². The number of carbonyl (C=O) groups is 2. The van der Waals surface area contributed by atoms with Gasteiger partial charge in [-0.05, 0) is 46.2 Å². The lowest BCUT2D eigenvalue weighted by Gasteiger charge is -2.53. The quantitative estimate of drug-likeness (QED) is 0.111. The molecule has 7 rings (SSSR count). The number of rotatable bonds is 12. The molecule has 0 aromatic heterocycles. The molecule has 6 heteroatoms. The van der Waals surface area contributed by atoms with Crippen LogP contribution in [0.25, 0.3) is 0 Å². The second-order valence-corrected chi connectivity index (χ2v) is 14.3. The van der Waals surface area contributed by atoms with Crippen LogP contribution >= 0.6 is 0 Å². The minimum absolute atomic E-state index is 0.255. The first-order valence-corrected chi connectivity index (χ1v) is 18.7. The fraction of sp³-hybridized carbons (Fsp3) is 0.208. The van der Waals surface area contributed by atoms with Gasteiger partial charge in [-0.2, -0.15) is 0 Å². The fourth-order valence-corrected chi connectivity index (χ4v) is 8.56. The molecule has 2 atom stereocenters. The van der Waals surface area contributed by atoms with E-state index in [2.05, 4.69) is 0 Å². The third-order valence-electron chi connectivity index (χ3n) is 11.3. The van der Waals surface area contributed by atoms with Crippen LogP contribution in [0.5, 0.6) is 0 Å². The Morgan fingerprint density at radius 3 is 1.04 bits per heavy atom. The summed E-state index contributed by atoms with van der Waals surface area (Å²) in [4.78, 5) is 31.9. The molecule has 54 heavy (non-hydrogen) atoms. The van der Waals surface area contributed by atoms with Crippen molar-refractivity contribution in [1.29, 1.82) is 0 Å². The van der Waals surface area contributed by atoms with Gasteiger partial charge in [0.25, 0.3) is 0 Å². The average molecular weight is 715 g/mol. The number of hydrogen-bond donors (Lipinski definition) is 3. The topological polar surface area (TPSA) is 104 Å². The maximum Gasteiger partial charge on any atom is 0.239 e. The van der Waals surface area contributed by atoms with Crippen molar-refractivity contribution in [2.75, 3.05) is 0 Å². The molecule has 1 aliphatic rings. The van der Waals surface area contributed by atoms with Crippen molar-refractivity contribution in [2.45, 2.75) is 55.4 Å². The maximum absolute atomic E-state index is 16.3. The first-order valence-electron chi connectivity index (χ1n) is 18.7. The zero-order chi connectivity index (χ0) is 37.6. The molecule has 1 saturated carbocycles. The van der Waals surface area contributed by atoms with E-state index in [1.807, 2.05) is 182 Å². The van der Waals surface area contributed by atoms with E-state index >= 15 is 4.79 Å². The van der Waals surface area contributed by atoms with E-state index in [0.717, 1.165) is 6.42 Å². The highest BCUT2D eigenvalue weighted by molar-refractivity contribution is 6.05. The Morgan fingerprint density at radius 1 is 0.481 bits per heavy atom. The zero-order valence-corrected chi connectivity index (χ0v) is 30.2. The van der Waals surface area contributed by atoms with Crippen LogP contribution in [0.15, 0.2) is 182 Å². The van der Waals surface area contributed by atoms with Crippen molar-refractivity contribution in [3.05, 3.63) is 215 Å². The number of primary amides is 1. The first kappa shape index (κ1) is 36.5. The van der Waals surface area contributed by atoms with E-state index in [0.29, 0.717) is 46.2 Å². The number of benzene rings is 6. The van der Waals surface area contributed by atoms with Crippen LogP contribution in [0, 0.1) is 5.41 Å². The number of amides is 2. The Bertz CT molecular complexity index is 1910. The summed E-state index contributed by atoms with van der Waals surface area (Å²) in [7, 11) is 0. The largest absolute Gasteiger partial charge is 0.378 e. The van der Waals surface area contributed by atoms with Crippen LogP contribution in [-0.2, 0) is 20.8 Å². The lowest BCUT2D eigenvalue weighted by atomic mass is 9.68. The number of nitrogens with zero attached hydrogens (tertiary/aromatic N) is 1. The van der Waals surface area contributed by atoms with Crippen LogP contribution in [0.2, 0.25) is 0 Å². The average Bonchev–Trinajstić information content (AvgIpc) is 3.25. The van der Waals surface area contributed by atoms with Gasteiger partial charge in [0.1, 0.15) is 16.6 Å². The Labute approximate surface area is 317 Å². The van der Waals surface area contributed by atoms with Crippen LogP contribution in [0.3, 0.4) is 0 Å². The van der Waals surface area contributed by atoms with Crippen molar-refractivity contribution in [1.82, 2.24) is 4.90 Å². The molecule has 272 valence electrons. The Balaban J connectivity index is 1.66. The summed E-state index contributed by atoms with van der Waals surface area (Å²) in [6, 6.07) is 53.8. The Kier molecular flexibility index (Phi) is 10.6. The molecule has 0 unspecified atom stereocenters. The van der Waals surface area contributed by atoms with Gasteiger partial charge in [-0.3, -0.25) is 9.59 Å². The molecule has 0 spiro atoms. The Morgan fingerprint density at radius 2 is 0.759 bits per heavy atom. The molecular weight excluding hydrogens is 669 g/mol. The van der Waals surface area contributed by atoms with E-state index in [9.17, 15) is 15.0 Å². The first-order chi connectivity index (χ1) is 26.3. The van der Waals surface area contributed by atoms with E-state index in [-0.39, 0.29) is 12.8 Å². The van der Waals surface area contributed by atoms with Crippen LogP contribution in [0.4, 0.5) is 0 Å². The van der Waals surface area contributed by atoms with Crippen LogP contribution < -0.4 is 5.73 Å². The predicted molar refractivity (Wildman–Crippen MR) is 212 cm³/mol. The highest BCUT2D eigenvalue weighted by Gasteiger charge is 2.59. The van der Waals surface area contributed by atoms with Crippen molar-refractivity contribution in [2.24, 2.45) is 11.1 Å². The van der Waals surface area contributed by atoms with Crippen molar-refractivity contribution in [3.63, 3.8) is 0 Å². The van der Waals surface area contributed by atoms with Gasteiger partial charge in [0.15, 0.2) is 0 Å². The molecule has 6 nitrogen and oxygen atoms in total. The summed E-state index contributed by atoms with van der Waals surface area (Å²) in [5.41, 5.74) is 4.33.